The van der Waals surface area contributed by atoms with Crippen molar-refractivity contribution in [3.63, 3.8) is 0 Å². The number of aryl methyl sites for hydroxylation is 1. The van der Waals surface area contributed by atoms with E-state index < -0.39 is 16.9 Å². The van der Waals surface area contributed by atoms with E-state index in [1.54, 1.807) is 20.8 Å². The molecule has 0 saturated carbocycles. The molecule has 1 unspecified atom stereocenters. The molecule has 1 atom stereocenters. The Labute approximate surface area is 105 Å². The van der Waals surface area contributed by atoms with Crippen LogP contribution in [0.25, 0.3) is 0 Å². The lowest BCUT2D eigenvalue weighted by Gasteiger charge is -2.11. The number of nitrogens with one attached hydrogen (secondary N) is 1. The molecule has 0 bridgehead atoms. The summed E-state index contributed by atoms with van der Waals surface area (Å²) in [5.41, 5.74) is 6.74. The monoisotopic (exact) mass is 252 g/mol. The summed E-state index contributed by atoms with van der Waals surface area (Å²) in [6.45, 7) is 5.17. The fourth-order valence-electron chi connectivity index (χ4n) is 1.57. The molecule has 1 aromatic heterocycles. The smallest absolute Gasteiger partial charge is 0.278 e. The molecule has 1 rings (SSSR count). The second-order valence-electron chi connectivity index (χ2n) is 4.12. The Bertz CT molecular complexity index is 487. The zero-order valence-electron chi connectivity index (χ0n) is 10.6. The van der Waals surface area contributed by atoms with Crippen molar-refractivity contribution in [3.8, 4) is 0 Å². The van der Waals surface area contributed by atoms with E-state index in [4.69, 9.17) is 5.73 Å². The van der Waals surface area contributed by atoms with E-state index >= 15 is 0 Å². The zero-order chi connectivity index (χ0) is 13.9. The number of pyridine rings is 1. The fourth-order valence-corrected chi connectivity index (χ4v) is 1.57. The Morgan fingerprint density at radius 2 is 2.22 bits per heavy atom. The summed E-state index contributed by atoms with van der Waals surface area (Å²) in [4.78, 5) is 25.5. The largest absolute Gasteiger partial charge is 0.368 e. The molecule has 0 saturated heterocycles. The lowest BCUT2D eigenvalue weighted by molar-refractivity contribution is -0.386. The van der Waals surface area contributed by atoms with Crippen LogP contribution in [0.1, 0.15) is 23.7 Å². The van der Waals surface area contributed by atoms with Crippen LogP contribution in [-0.4, -0.2) is 21.9 Å². The highest BCUT2D eigenvalue weighted by molar-refractivity contribution is 5.79. The Balaban J connectivity index is 2.95. The first-order valence-corrected chi connectivity index (χ1v) is 5.46. The van der Waals surface area contributed by atoms with E-state index in [1.165, 1.54) is 6.20 Å². The number of hydrogen-bond acceptors (Lipinski definition) is 5. The van der Waals surface area contributed by atoms with Crippen molar-refractivity contribution >= 4 is 11.6 Å². The Kier molecular flexibility index (Phi) is 4.33. The van der Waals surface area contributed by atoms with Crippen molar-refractivity contribution < 1.29 is 9.72 Å². The number of carbonyl (C=O) groups excluding carboxylic acids is 1. The summed E-state index contributed by atoms with van der Waals surface area (Å²) in [7, 11) is 0. The number of aromatic nitrogens is 1. The van der Waals surface area contributed by atoms with Crippen molar-refractivity contribution in [3.05, 3.63) is 33.1 Å². The van der Waals surface area contributed by atoms with Crippen LogP contribution < -0.4 is 11.1 Å². The second-order valence-corrected chi connectivity index (χ2v) is 4.12. The normalized spacial score (nSPS) is 12.2. The van der Waals surface area contributed by atoms with Crippen LogP contribution in [0.2, 0.25) is 0 Å². The highest BCUT2D eigenvalue weighted by atomic mass is 16.6. The molecule has 0 aliphatic carbocycles. The van der Waals surface area contributed by atoms with Crippen LogP contribution in [0.5, 0.6) is 0 Å². The first kappa shape index (κ1) is 14.0. The van der Waals surface area contributed by atoms with E-state index in [0.29, 0.717) is 16.8 Å². The van der Waals surface area contributed by atoms with Crippen molar-refractivity contribution in [1.82, 2.24) is 10.3 Å². The predicted octanol–water partition coefficient (Wildman–Crippen LogP) is 0.570. The van der Waals surface area contributed by atoms with Crippen molar-refractivity contribution in [2.75, 3.05) is 0 Å². The van der Waals surface area contributed by atoms with Gasteiger partial charge in [-0.15, -0.1) is 0 Å². The predicted molar refractivity (Wildman–Crippen MR) is 65.9 cm³/mol. The quantitative estimate of drug-likeness (QED) is 0.587. The molecule has 0 fully saturated rings. The molecule has 18 heavy (non-hydrogen) atoms. The number of nitro groups is 1. The van der Waals surface area contributed by atoms with Crippen LogP contribution in [0.15, 0.2) is 6.20 Å². The lowest BCUT2D eigenvalue weighted by Crippen LogP contribution is -2.38. The number of amides is 1. The minimum absolute atomic E-state index is 0.0635. The highest BCUT2D eigenvalue weighted by Gasteiger charge is 2.19. The molecular formula is C11H16N4O3. The molecule has 98 valence electrons. The number of primary amides is 1. The Hall–Kier alpha value is -2.02. The summed E-state index contributed by atoms with van der Waals surface area (Å²) in [5, 5.41) is 13.8. The van der Waals surface area contributed by atoms with Crippen molar-refractivity contribution in [2.24, 2.45) is 5.73 Å². The molecule has 0 radical (unpaired) electrons. The lowest BCUT2D eigenvalue weighted by atomic mass is 10.1. The summed E-state index contributed by atoms with van der Waals surface area (Å²) in [5.74, 6) is -0.478. The van der Waals surface area contributed by atoms with Gasteiger partial charge in [0.05, 0.1) is 16.7 Å². The zero-order valence-corrected chi connectivity index (χ0v) is 10.6. The van der Waals surface area contributed by atoms with Crippen LogP contribution in [0, 0.1) is 24.0 Å². The highest BCUT2D eigenvalue weighted by Crippen LogP contribution is 2.23. The van der Waals surface area contributed by atoms with E-state index in [9.17, 15) is 14.9 Å². The van der Waals surface area contributed by atoms with Gasteiger partial charge < -0.3 is 11.1 Å². The van der Waals surface area contributed by atoms with E-state index in [2.05, 4.69) is 10.3 Å². The topological polar surface area (TPSA) is 111 Å². The van der Waals surface area contributed by atoms with Crippen molar-refractivity contribution in [2.45, 2.75) is 33.4 Å². The number of carbonyl (C=O) groups is 1. The first-order chi connectivity index (χ1) is 8.34. The average Bonchev–Trinajstić information content (AvgIpc) is 2.27. The van der Waals surface area contributed by atoms with Gasteiger partial charge in [0.1, 0.15) is 0 Å². The minimum atomic E-state index is -0.508. The van der Waals surface area contributed by atoms with Gasteiger partial charge in [0.25, 0.3) is 5.69 Å². The van der Waals surface area contributed by atoms with Crippen LogP contribution in [0.4, 0.5) is 5.69 Å². The molecule has 1 amide bonds. The van der Waals surface area contributed by atoms with E-state index in [1.807, 2.05) is 0 Å². The molecular weight excluding hydrogens is 236 g/mol. The number of rotatable bonds is 5. The molecule has 7 nitrogen and oxygen atoms in total. The maximum absolute atomic E-state index is 10.9. The third kappa shape index (κ3) is 3.01. The van der Waals surface area contributed by atoms with E-state index in [0.717, 1.165) is 0 Å². The van der Waals surface area contributed by atoms with Gasteiger partial charge in [-0.25, -0.2) is 0 Å². The summed E-state index contributed by atoms with van der Waals surface area (Å²) in [6, 6.07) is -0.508. The summed E-state index contributed by atoms with van der Waals surface area (Å²) < 4.78 is 0. The Morgan fingerprint density at radius 1 is 1.61 bits per heavy atom. The summed E-state index contributed by atoms with van der Waals surface area (Å²) >= 11 is 0. The van der Waals surface area contributed by atoms with Gasteiger partial charge in [0.15, 0.2) is 0 Å². The molecule has 0 aliphatic heterocycles. The third-order valence-corrected chi connectivity index (χ3v) is 2.76. The maximum Gasteiger partial charge on any atom is 0.278 e. The molecule has 0 aromatic carbocycles. The van der Waals surface area contributed by atoms with Crippen molar-refractivity contribution in [1.29, 1.82) is 0 Å². The minimum Gasteiger partial charge on any atom is -0.368 e. The van der Waals surface area contributed by atoms with E-state index in [-0.39, 0.29) is 12.2 Å². The van der Waals surface area contributed by atoms with Gasteiger partial charge in [-0.1, -0.05) is 0 Å². The van der Waals surface area contributed by atoms with Gasteiger partial charge in [-0.05, 0) is 20.8 Å². The molecule has 3 N–H and O–H groups in total. The molecule has 1 heterocycles. The second kappa shape index (κ2) is 5.54. The third-order valence-electron chi connectivity index (χ3n) is 2.76. The van der Waals surface area contributed by atoms with Gasteiger partial charge in [-0.2, -0.15) is 0 Å². The summed E-state index contributed by atoms with van der Waals surface area (Å²) in [6.07, 6.45) is 1.46. The molecule has 7 heteroatoms. The standard InChI is InChI=1S/C11H16N4O3/c1-6-4-14-9(5-13-8(3)11(12)16)7(2)10(6)15(17)18/h4,8,13H,5H2,1-3H3,(H2,12,16). The molecule has 0 spiro atoms. The maximum atomic E-state index is 10.9. The first-order valence-electron chi connectivity index (χ1n) is 5.46. The van der Waals surface area contributed by atoms with Crippen LogP contribution in [0.3, 0.4) is 0 Å². The number of nitrogens with zero attached hydrogens (tertiary/aromatic N) is 2. The van der Waals surface area contributed by atoms with Gasteiger partial charge in [-0.3, -0.25) is 19.9 Å². The number of nitrogens with two attached hydrogens (primary N) is 1. The fraction of sp³-hybridized carbons (Fsp3) is 0.455. The Morgan fingerprint density at radius 3 is 2.72 bits per heavy atom. The molecule has 1 aromatic rings. The van der Waals surface area contributed by atoms with Gasteiger partial charge in [0.2, 0.25) is 5.91 Å². The SMILES string of the molecule is Cc1cnc(CNC(C)C(N)=O)c(C)c1[N+](=O)[O-]. The van der Waals surface area contributed by atoms with Crippen LogP contribution >= 0.6 is 0 Å². The number of hydrogen-bond donors (Lipinski definition) is 2. The van der Waals surface area contributed by atoms with Gasteiger partial charge >= 0.3 is 0 Å². The molecule has 0 aliphatic rings. The average molecular weight is 252 g/mol. The van der Waals surface area contributed by atoms with Gasteiger partial charge in [0, 0.05) is 23.9 Å². The van der Waals surface area contributed by atoms with Crippen LogP contribution in [-0.2, 0) is 11.3 Å².